The van der Waals surface area contributed by atoms with E-state index in [9.17, 15) is 4.79 Å². The summed E-state index contributed by atoms with van der Waals surface area (Å²) in [4.78, 5) is 15.1. The first kappa shape index (κ1) is 14.3. The summed E-state index contributed by atoms with van der Waals surface area (Å²) in [6.07, 6.45) is 4.30. The van der Waals surface area contributed by atoms with Gasteiger partial charge in [0.15, 0.2) is 0 Å². The maximum absolute atomic E-state index is 13.1. The van der Waals surface area contributed by atoms with Crippen molar-refractivity contribution in [3.63, 3.8) is 0 Å². The summed E-state index contributed by atoms with van der Waals surface area (Å²) in [5.41, 5.74) is 5.87. The zero-order chi connectivity index (χ0) is 15.8. The molecule has 2 aromatic rings. The van der Waals surface area contributed by atoms with Crippen molar-refractivity contribution in [2.45, 2.75) is 38.6 Å². The first-order valence-electron chi connectivity index (χ1n) is 8.43. The van der Waals surface area contributed by atoms with E-state index in [-0.39, 0.29) is 11.9 Å². The number of hydrogen-bond donors (Lipinski definition) is 0. The average Bonchev–Trinajstić information content (AvgIpc) is 2.90. The third-order valence-corrected chi connectivity index (χ3v) is 5.00. The number of rotatable bonds is 2. The monoisotopic (exact) mass is 303 g/mol. The maximum atomic E-state index is 13.1. The van der Waals surface area contributed by atoms with Crippen LogP contribution in [0, 0.1) is 6.92 Å². The second kappa shape index (κ2) is 5.69. The van der Waals surface area contributed by atoms with Crippen LogP contribution in [-0.4, -0.2) is 5.91 Å². The SMILES string of the molecule is Cc1ccc(C2C3=C(CCCC3)C(=O)N2c2ccccc2)cc1. The molecule has 0 saturated heterocycles. The van der Waals surface area contributed by atoms with Gasteiger partial charge in [0.2, 0.25) is 0 Å². The summed E-state index contributed by atoms with van der Waals surface area (Å²) in [5, 5.41) is 0. The van der Waals surface area contributed by atoms with Crippen molar-refractivity contribution in [1.82, 2.24) is 0 Å². The summed E-state index contributed by atoms with van der Waals surface area (Å²) < 4.78 is 0. The first-order chi connectivity index (χ1) is 11.3. The Morgan fingerprint density at radius 2 is 1.61 bits per heavy atom. The van der Waals surface area contributed by atoms with Crippen molar-refractivity contribution in [3.05, 3.63) is 76.9 Å². The van der Waals surface area contributed by atoms with Crippen molar-refractivity contribution >= 4 is 11.6 Å². The molecule has 1 aliphatic carbocycles. The minimum atomic E-state index is 0.0702. The van der Waals surface area contributed by atoms with Gasteiger partial charge in [0.05, 0.1) is 6.04 Å². The Kier molecular flexibility index (Phi) is 3.53. The molecule has 1 amide bonds. The number of para-hydroxylation sites is 1. The molecule has 0 spiro atoms. The van der Waals surface area contributed by atoms with Crippen molar-refractivity contribution in [2.24, 2.45) is 0 Å². The third-order valence-electron chi connectivity index (χ3n) is 5.00. The molecule has 116 valence electrons. The van der Waals surface area contributed by atoms with Gasteiger partial charge in [-0.2, -0.15) is 0 Å². The quantitative estimate of drug-likeness (QED) is 0.768. The van der Waals surface area contributed by atoms with Gasteiger partial charge in [-0.05, 0) is 55.9 Å². The van der Waals surface area contributed by atoms with Crippen LogP contribution < -0.4 is 4.90 Å². The molecule has 2 nitrogen and oxygen atoms in total. The summed E-state index contributed by atoms with van der Waals surface area (Å²) >= 11 is 0. The van der Waals surface area contributed by atoms with Crippen LogP contribution in [0.25, 0.3) is 0 Å². The third kappa shape index (κ3) is 2.39. The van der Waals surface area contributed by atoms with E-state index in [2.05, 4.69) is 31.2 Å². The lowest BCUT2D eigenvalue weighted by molar-refractivity contribution is -0.115. The molecule has 0 saturated carbocycles. The van der Waals surface area contributed by atoms with E-state index in [4.69, 9.17) is 0 Å². The lowest BCUT2D eigenvalue weighted by Gasteiger charge is -2.28. The molecule has 0 fully saturated rings. The Morgan fingerprint density at radius 1 is 0.913 bits per heavy atom. The van der Waals surface area contributed by atoms with E-state index in [1.165, 1.54) is 23.1 Å². The molecule has 2 heteroatoms. The Balaban J connectivity index is 1.84. The Labute approximate surface area is 137 Å². The van der Waals surface area contributed by atoms with Gasteiger partial charge >= 0.3 is 0 Å². The summed E-state index contributed by atoms with van der Waals surface area (Å²) in [6.45, 7) is 2.10. The minimum absolute atomic E-state index is 0.0702. The predicted molar refractivity (Wildman–Crippen MR) is 93.3 cm³/mol. The number of aryl methyl sites for hydroxylation is 1. The second-order valence-electron chi connectivity index (χ2n) is 6.53. The maximum Gasteiger partial charge on any atom is 0.255 e. The molecule has 1 unspecified atom stereocenters. The van der Waals surface area contributed by atoms with Crippen molar-refractivity contribution in [3.8, 4) is 0 Å². The Bertz CT molecular complexity index is 758. The molecule has 2 aliphatic rings. The van der Waals surface area contributed by atoms with Crippen molar-refractivity contribution in [1.29, 1.82) is 0 Å². The summed E-state index contributed by atoms with van der Waals surface area (Å²) in [6, 6.07) is 18.8. The lowest BCUT2D eigenvalue weighted by Crippen LogP contribution is -2.30. The number of nitrogens with zero attached hydrogens (tertiary/aromatic N) is 1. The molecule has 0 bridgehead atoms. The van der Waals surface area contributed by atoms with Gasteiger partial charge < -0.3 is 0 Å². The highest BCUT2D eigenvalue weighted by atomic mass is 16.2. The van der Waals surface area contributed by atoms with Gasteiger partial charge in [0.1, 0.15) is 0 Å². The van der Waals surface area contributed by atoms with Crippen LogP contribution in [0.1, 0.15) is 42.9 Å². The molecular weight excluding hydrogens is 282 g/mol. The zero-order valence-corrected chi connectivity index (χ0v) is 13.5. The van der Waals surface area contributed by atoms with Gasteiger partial charge in [-0.3, -0.25) is 9.69 Å². The van der Waals surface area contributed by atoms with Crippen LogP contribution in [0.4, 0.5) is 5.69 Å². The number of hydrogen-bond acceptors (Lipinski definition) is 1. The molecule has 0 aromatic heterocycles. The molecule has 0 N–H and O–H groups in total. The largest absolute Gasteiger partial charge is 0.297 e. The normalized spacial score (nSPS) is 20.8. The van der Waals surface area contributed by atoms with E-state index >= 15 is 0 Å². The molecule has 1 aliphatic heterocycles. The Hall–Kier alpha value is -2.35. The van der Waals surface area contributed by atoms with E-state index in [0.29, 0.717) is 0 Å². The molecule has 4 rings (SSSR count). The molecule has 23 heavy (non-hydrogen) atoms. The van der Waals surface area contributed by atoms with E-state index in [0.717, 1.165) is 30.5 Å². The van der Waals surface area contributed by atoms with Gasteiger partial charge in [0.25, 0.3) is 5.91 Å². The van der Waals surface area contributed by atoms with Crippen molar-refractivity contribution in [2.75, 3.05) is 4.90 Å². The molecule has 1 heterocycles. The fourth-order valence-corrected chi connectivity index (χ4v) is 3.85. The fourth-order valence-electron chi connectivity index (χ4n) is 3.85. The molecule has 2 aromatic carbocycles. The number of benzene rings is 2. The summed E-state index contributed by atoms with van der Waals surface area (Å²) in [5.74, 6) is 0.205. The van der Waals surface area contributed by atoms with Gasteiger partial charge in [-0.1, -0.05) is 48.0 Å². The van der Waals surface area contributed by atoms with Crippen molar-refractivity contribution < 1.29 is 4.79 Å². The summed E-state index contributed by atoms with van der Waals surface area (Å²) in [7, 11) is 0. The van der Waals surface area contributed by atoms with E-state index in [1.54, 1.807) is 0 Å². The van der Waals surface area contributed by atoms with Gasteiger partial charge in [-0.25, -0.2) is 0 Å². The topological polar surface area (TPSA) is 20.3 Å². The van der Waals surface area contributed by atoms with Crippen LogP contribution in [0.2, 0.25) is 0 Å². The number of carbonyl (C=O) groups is 1. The molecular formula is C21H21NO. The lowest BCUT2D eigenvalue weighted by atomic mass is 9.87. The number of amides is 1. The highest BCUT2D eigenvalue weighted by Gasteiger charge is 2.41. The van der Waals surface area contributed by atoms with Crippen LogP contribution >= 0.6 is 0 Å². The van der Waals surface area contributed by atoms with Gasteiger partial charge in [-0.15, -0.1) is 0 Å². The first-order valence-corrected chi connectivity index (χ1v) is 8.43. The fraction of sp³-hybridized carbons (Fsp3) is 0.286. The van der Waals surface area contributed by atoms with E-state index < -0.39 is 0 Å². The van der Waals surface area contributed by atoms with Crippen LogP contribution in [-0.2, 0) is 4.79 Å². The molecule has 0 radical (unpaired) electrons. The second-order valence-corrected chi connectivity index (χ2v) is 6.53. The highest BCUT2D eigenvalue weighted by molar-refractivity contribution is 6.10. The standard InChI is InChI=1S/C21H21NO/c1-15-11-13-16(14-12-15)20-18-9-5-6-10-19(18)21(23)22(20)17-7-3-2-4-8-17/h2-4,7-8,11-14,20H,5-6,9-10H2,1H3. The number of anilines is 1. The Morgan fingerprint density at radius 3 is 2.35 bits per heavy atom. The minimum Gasteiger partial charge on any atom is -0.297 e. The molecule has 1 atom stereocenters. The zero-order valence-electron chi connectivity index (χ0n) is 13.5. The predicted octanol–water partition coefficient (Wildman–Crippen LogP) is 4.95. The van der Waals surface area contributed by atoms with Crippen LogP contribution in [0.15, 0.2) is 65.7 Å². The van der Waals surface area contributed by atoms with Gasteiger partial charge in [0, 0.05) is 11.3 Å². The number of carbonyl (C=O) groups excluding carboxylic acids is 1. The average molecular weight is 303 g/mol. The van der Waals surface area contributed by atoms with Crippen LogP contribution in [0.3, 0.4) is 0 Å². The highest BCUT2D eigenvalue weighted by Crippen LogP contribution is 2.46. The van der Waals surface area contributed by atoms with Crippen LogP contribution in [0.5, 0.6) is 0 Å². The smallest absolute Gasteiger partial charge is 0.255 e. The van der Waals surface area contributed by atoms with E-state index in [1.807, 2.05) is 35.2 Å².